The predicted molar refractivity (Wildman–Crippen MR) is 114 cm³/mol. The number of phenolic OH excluding ortho intramolecular Hbond substituents is 1. The fraction of sp³-hybridized carbons (Fsp3) is 0.409. The number of hydrogen-bond donors (Lipinski definition) is 2. The van der Waals surface area contributed by atoms with Crippen LogP contribution in [0.5, 0.6) is 5.75 Å². The normalized spacial score (nSPS) is 24.9. The Balaban J connectivity index is 1.96. The third-order valence-electron chi connectivity index (χ3n) is 5.13. The molecule has 1 amide bonds. The van der Waals surface area contributed by atoms with Gasteiger partial charge in [0.1, 0.15) is 5.75 Å². The molecule has 0 aliphatic carbocycles. The lowest BCUT2D eigenvalue weighted by molar-refractivity contribution is -0.131. The van der Waals surface area contributed by atoms with E-state index in [1.807, 2.05) is 51.1 Å². The van der Waals surface area contributed by atoms with E-state index in [9.17, 15) is 9.90 Å². The summed E-state index contributed by atoms with van der Waals surface area (Å²) in [4.78, 5) is 12.4. The first-order valence-electron chi connectivity index (χ1n) is 9.38. The van der Waals surface area contributed by atoms with E-state index in [2.05, 4.69) is 21.2 Å². The second-order valence-electron chi connectivity index (χ2n) is 7.98. The molecule has 1 aliphatic rings. The number of hydrogen-bond acceptors (Lipinski definition) is 3. The first kappa shape index (κ1) is 21.2. The van der Waals surface area contributed by atoms with Crippen LogP contribution in [0.2, 0.25) is 5.02 Å². The molecule has 0 spiro atoms. The van der Waals surface area contributed by atoms with Crippen LogP contribution in [0.1, 0.15) is 56.9 Å². The summed E-state index contributed by atoms with van der Waals surface area (Å²) in [6, 6.07) is 12.9. The molecule has 28 heavy (non-hydrogen) atoms. The Labute approximate surface area is 179 Å². The van der Waals surface area contributed by atoms with E-state index < -0.39 is 5.54 Å². The second-order valence-corrected chi connectivity index (χ2v) is 9.33. The number of nitrogens with one attached hydrogen (secondary N) is 1. The lowest BCUT2D eigenvalue weighted by atomic mass is 9.81. The van der Waals surface area contributed by atoms with E-state index in [-0.39, 0.29) is 29.8 Å². The van der Waals surface area contributed by atoms with Crippen molar-refractivity contribution >= 4 is 33.4 Å². The molecule has 4 nitrogen and oxygen atoms in total. The van der Waals surface area contributed by atoms with Gasteiger partial charge in [-0.05, 0) is 42.8 Å². The molecule has 6 heteroatoms. The van der Waals surface area contributed by atoms with Crippen molar-refractivity contribution in [1.29, 1.82) is 0 Å². The Hall–Kier alpha value is -1.56. The van der Waals surface area contributed by atoms with Crippen LogP contribution in [0.15, 0.2) is 46.9 Å². The number of rotatable bonds is 4. The number of phenols is 1. The molecule has 0 unspecified atom stereocenters. The van der Waals surface area contributed by atoms with Gasteiger partial charge in [-0.25, -0.2) is 0 Å². The molecule has 3 atom stereocenters. The van der Waals surface area contributed by atoms with Gasteiger partial charge in [0.05, 0.1) is 12.2 Å². The SMILES string of the molecule is CC(C)C(=O)N[C@@]1(C)C[C@@H](c2ccc(Cl)cc2)O[C@@H](c2cc(Br)ccc2O)C1. The largest absolute Gasteiger partial charge is 0.508 e. The topological polar surface area (TPSA) is 58.6 Å². The molecule has 2 N–H and O–H groups in total. The molecule has 0 radical (unpaired) electrons. The summed E-state index contributed by atoms with van der Waals surface area (Å²) in [6.07, 6.45) is 0.619. The van der Waals surface area contributed by atoms with Crippen LogP contribution < -0.4 is 5.32 Å². The highest BCUT2D eigenvalue weighted by molar-refractivity contribution is 9.10. The molecule has 0 aromatic heterocycles. The maximum atomic E-state index is 12.4. The quantitative estimate of drug-likeness (QED) is 0.587. The zero-order valence-electron chi connectivity index (χ0n) is 16.2. The molecular formula is C22H25BrClNO3. The van der Waals surface area contributed by atoms with E-state index in [0.717, 1.165) is 10.0 Å². The maximum absolute atomic E-state index is 12.4. The third-order valence-corrected chi connectivity index (χ3v) is 5.87. The number of carbonyl (C=O) groups excluding carboxylic acids is 1. The monoisotopic (exact) mass is 465 g/mol. The average Bonchev–Trinajstić information content (AvgIpc) is 2.63. The van der Waals surface area contributed by atoms with Crippen molar-refractivity contribution < 1.29 is 14.6 Å². The van der Waals surface area contributed by atoms with E-state index in [1.54, 1.807) is 12.1 Å². The Bertz CT molecular complexity index is 855. The number of carbonyl (C=O) groups is 1. The number of amides is 1. The minimum Gasteiger partial charge on any atom is -0.508 e. The zero-order valence-corrected chi connectivity index (χ0v) is 18.5. The molecule has 3 rings (SSSR count). The maximum Gasteiger partial charge on any atom is 0.222 e. The summed E-state index contributed by atoms with van der Waals surface area (Å²) in [6.45, 7) is 5.80. The Morgan fingerprint density at radius 3 is 2.50 bits per heavy atom. The van der Waals surface area contributed by atoms with Crippen LogP contribution in [0.25, 0.3) is 0 Å². The summed E-state index contributed by atoms with van der Waals surface area (Å²) in [7, 11) is 0. The van der Waals surface area contributed by atoms with Gasteiger partial charge in [-0.15, -0.1) is 0 Å². The Morgan fingerprint density at radius 2 is 1.86 bits per heavy atom. The molecule has 1 heterocycles. The van der Waals surface area contributed by atoms with Crippen LogP contribution >= 0.6 is 27.5 Å². The molecular weight excluding hydrogens is 442 g/mol. The zero-order chi connectivity index (χ0) is 20.5. The highest BCUT2D eigenvalue weighted by Crippen LogP contribution is 2.46. The van der Waals surface area contributed by atoms with Crippen molar-refractivity contribution in [2.24, 2.45) is 5.92 Å². The van der Waals surface area contributed by atoms with Crippen LogP contribution in [-0.2, 0) is 9.53 Å². The number of aromatic hydroxyl groups is 1. The molecule has 1 fully saturated rings. The summed E-state index contributed by atoms with van der Waals surface area (Å²) < 4.78 is 7.26. The van der Waals surface area contributed by atoms with Gasteiger partial charge < -0.3 is 15.2 Å². The summed E-state index contributed by atoms with van der Waals surface area (Å²) in [5.41, 5.74) is 1.23. The van der Waals surface area contributed by atoms with Gasteiger partial charge in [-0.3, -0.25) is 4.79 Å². The number of ether oxygens (including phenoxy) is 1. The molecule has 150 valence electrons. The van der Waals surface area contributed by atoms with Crippen LogP contribution in [0, 0.1) is 5.92 Å². The predicted octanol–water partition coefficient (Wildman–Crippen LogP) is 5.93. The van der Waals surface area contributed by atoms with Crippen molar-refractivity contribution in [2.75, 3.05) is 0 Å². The van der Waals surface area contributed by atoms with Crippen LogP contribution in [0.4, 0.5) is 0 Å². The van der Waals surface area contributed by atoms with E-state index >= 15 is 0 Å². The summed E-state index contributed by atoms with van der Waals surface area (Å²) >= 11 is 9.50. The minimum absolute atomic E-state index is 0.0106. The smallest absolute Gasteiger partial charge is 0.222 e. The van der Waals surface area contributed by atoms with Gasteiger partial charge in [0, 0.05) is 39.4 Å². The van der Waals surface area contributed by atoms with E-state index in [4.69, 9.17) is 16.3 Å². The van der Waals surface area contributed by atoms with Gasteiger partial charge in [0.25, 0.3) is 0 Å². The van der Waals surface area contributed by atoms with E-state index in [0.29, 0.717) is 23.4 Å². The Kier molecular flexibility index (Phi) is 6.37. The third kappa shape index (κ3) is 4.88. The Morgan fingerprint density at radius 1 is 1.21 bits per heavy atom. The van der Waals surface area contributed by atoms with E-state index in [1.165, 1.54) is 0 Å². The highest BCUT2D eigenvalue weighted by Gasteiger charge is 2.41. The lowest BCUT2D eigenvalue weighted by Gasteiger charge is -2.43. The van der Waals surface area contributed by atoms with Crippen molar-refractivity contribution in [3.8, 4) is 5.75 Å². The number of benzene rings is 2. The fourth-order valence-electron chi connectivity index (χ4n) is 3.58. The molecule has 0 bridgehead atoms. The van der Waals surface area contributed by atoms with Crippen molar-refractivity contribution in [2.45, 2.75) is 51.4 Å². The van der Waals surface area contributed by atoms with Crippen molar-refractivity contribution in [1.82, 2.24) is 5.32 Å². The minimum atomic E-state index is -0.469. The molecule has 2 aromatic carbocycles. The fourth-order valence-corrected chi connectivity index (χ4v) is 4.09. The molecule has 0 saturated carbocycles. The van der Waals surface area contributed by atoms with Gasteiger partial charge >= 0.3 is 0 Å². The first-order valence-corrected chi connectivity index (χ1v) is 10.6. The average molecular weight is 467 g/mol. The first-order chi connectivity index (χ1) is 13.2. The van der Waals surface area contributed by atoms with Crippen LogP contribution in [0.3, 0.4) is 0 Å². The molecule has 1 saturated heterocycles. The van der Waals surface area contributed by atoms with Gasteiger partial charge in [-0.2, -0.15) is 0 Å². The van der Waals surface area contributed by atoms with Crippen molar-refractivity contribution in [3.05, 3.63) is 63.1 Å². The highest BCUT2D eigenvalue weighted by atomic mass is 79.9. The molecule has 2 aromatic rings. The summed E-state index contributed by atoms with van der Waals surface area (Å²) in [5.74, 6) is 0.0883. The standard InChI is InChI=1S/C22H25BrClNO3/c1-13(2)21(27)25-22(3)11-19(14-4-7-16(24)8-5-14)28-20(12-22)17-10-15(23)6-9-18(17)26/h4-10,13,19-20,26H,11-12H2,1-3H3,(H,25,27)/t19-,20+,22-/m0/s1. The lowest BCUT2D eigenvalue weighted by Crippen LogP contribution is -2.52. The van der Waals surface area contributed by atoms with Gasteiger partial charge in [0.2, 0.25) is 5.91 Å². The van der Waals surface area contributed by atoms with Gasteiger partial charge in [-0.1, -0.05) is 53.5 Å². The van der Waals surface area contributed by atoms with Crippen LogP contribution in [-0.4, -0.2) is 16.6 Å². The second kappa shape index (κ2) is 8.44. The van der Waals surface area contributed by atoms with Gasteiger partial charge in [0.15, 0.2) is 0 Å². The van der Waals surface area contributed by atoms with Crippen molar-refractivity contribution in [3.63, 3.8) is 0 Å². The summed E-state index contributed by atoms with van der Waals surface area (Å²) in [5, 5.41) is 14.3. The molecule has 1 aliphatic heterocycles. The number of halogens is 2.